The highest BCUT2D eigenvalue weighted by molar-refractivity contribution is 6.22. The van der Waals surface area contributed by atoms with Crippen molar-refractivity contribution in [1.82, 2.24) is 4.90 Å². The number of aryl methyl sites for hydroxylation is 1. The van der Waals surface area contributed by atoms with Gasteiger partial charge in [0.2, 0.25) is 5.96 Å². The summed E-state index contributed by atoms with van der Waals surface area (Å²) < 4.78 is 0. The number of nitrogens with zero attached hydrogens (tertiary/aromatic N) is 3. The van der Waals surface area contributed by atoms with Crippen LogP contribution in [-0.2, 0) is 11.2 Å². The molecule has 0 spiro atoms. The maximum Gasteiger partial charge on any atom is 0.259 e. The number of hydrogen-bond donors (Lipinski definition) is 0. The van der Waals surface area contributed by atoms with E-state index in [1.165, 1.54) is 0 Å². The molecule has 0 N–H and O–H groups in total. The molecule has 0 radical (unpaired) electrons. The first-order valence-corrected chi connectivity index (χ1v) is 9.91. The minimum Gasteiger partial charge on any atom is -0.342 e. The van der Waals surface area contributed by atoms with Crippen LogP contribution in [0.3, 0.4) is 0 Å². The molecule has 0 bridgehead atoms. The lowest BCUT2D eigenvalue weighted by atomic mass is 10.1. The van der Waals surface area contributed by atoms with Gasteiger partial charge in [0, 0.05) is 19.5 Å². The number of benzene rings is 2. The number of aliphatic imine (C=N–C) groups is 1. The standard InChI is InChI=1S/C23H29N3O/c1-4-6-15-25(5-2)23-24-21(17-19-12-8-7-9-13-19)22(27)26(23)20-14-10-11-18(3)16-20/h7-14,16,21H,4-6,15,17H2,1-3H3. The van der Waals surface area contributed by atoms with Gasteiger partial charge in [-0.2, -0.15) is 0 Å². The van der Waals surface area contributed by atoms with Gasteiger partial charge in [-0.1, -0.05) is 55.8 Å². The molecule has 142 valence electrons. The zero-order chi connectivity index (χ0) is 19.2. The molecular formula is C23H29N3O. The molecular weight excluding hydrogens is 334 g/mol. The Bertz CT molecular complexity index is 800. The molecule has 4 nitrogen and oxygen atoms in total. The molecule has 2 aromatic rings. The van der Waals surface area contributed by atoms with E-state index in [2.05, 4.69) is 49.9 Å². The highest BCUT2D eigenvalue weighted by Crippen LogP contribution is 2.26. The second-order valence-corrected chi connectivity index (χ2v) is 7.08. The Kier molecular flexibility index (Phi) is 6.28. The van der Waals surface area contributed by atoms with Gasteiger partial charge in [0.05, 0.1) is 5.69 Å². The third-order valence-corrected chi connectivity index (χ3v) is 4.95. The highest BCUT2D eigenvalue weighted by Gasteiger charge is 2.37. The summed E-state index contributed by atoms with van der Waals surface area (Å²) in [5.74, 6) is 0.858. The molecule has 1 aliphatic rings. The Morgan fingerprint density at radius 2 is 1.85 bits per heavy atom. The molecule has 1 unspecified atom stereocenters. The van der Waals surface area contributed by atoms with Crippen molar-refractivity contribution in [3.05, 3.63) is 65.7 Å². The summed E-state index contributed by atoms with van der Waals surface area (Å²) >= 11 is 0. The molecule has 0 aliphatic carbocycles. The van der Waals surface area contributed by atoms with Gasteiger partial charge in [-0.3, -0.25) is 4.79 Å². The minimum atomic E-state index is -0.362. The molecule has 0 saturated carbocycles. The van der Waals surface area contributed by atoms with Crippen LogP contribution >= 0.6 is 0 Å². The van der Waals surface area contributed by atoms with E-state index in [1.807, 2.05) is 35.2 Å². The fourth-order valence-corrected chi connectivity index (χ4v) is 3.45. The first-order chi connectivity index (χ1) is 13.1. The van der Waals surface area contributed by atoms with Gasteiger partial charge < -0.3 is 4.90 Å². The average Bonchev–Trinajstić information content (AvgIpc) is 2.99. The first kappa shape index (κ1) is 19.2. The highest BCUT2D eigenvalue weighted by atomic mass is 16.2. The predicted molar refractivity (Wildman–Crippen MR) is 112 cm³/mol. The summed E-state index contributed by atoms with van der Waals surface area (Å²) in [6.45, 7) is 8.12. The SMILES string of the molecule is CCCCN(CC)C1=NC(Cc2ccccc2)C(=O)N1c1cccc(C)c1. The number of amides is 1. The van der Waals surface area contributed by atoms with Crippen LogP contribution in [0, 0.1) is 6.92 Å². The van der Waals surface area contributed by atoms with Gasteiger partial charge in [0.1, 0.15) is 6.04 Å². The normalized spacial score (nSPS) is 16.6. The van der Waals surface area contributed by atoms with E-state index in [1.54, 1.807) is 0 Å². The van der Waals surface area contributed by atoms with Gasteiger partial charge in [-0.25, -0.2) is 9.89 Å². The molecule has 1 amide bonds. The van der Waals surface area contributed by atoms with E-state index < -0.39 is 0 Å². The Labute approximate surface area is 162 Å². The Morgan fingerprint density at radius 1 is 1.07 bits per heavy atom. The first-order valence-electron chi connectivity index (χ1n) is 9.91. The summed E-state index contributed by atoms with van der Waals surface area (Å²) in [5.41, 5.74) is 3.19. The molecule has 0 saturated heterocycles. The Hall–Kier alpha value is -2.62. The van der Waals surface area contributed by atoms with Crippen LogP contribution < -0.4 is 4.90 Å². The third-order valence-electron chi connectivity index (χ3n) is 4.95. The van der Waals surface area contributed by atoms with Crippen molar-refractivity contribution < 1.29 is 4.79 Å². The lowest BCUT2D eigenvalue weighted by molar-refractivity contribution is -0.118. The van der Waals surface area contributed by atoms with E-state index in [-0.39, 0.29) is 11.9 Å². The maximum absolute atomic E-state index is 13.3. The summed E-state index contributed by atoms with van der Waals surface area (Å²) in [5, 5.41) is 0. The third kappa shape index (κ3) is 4.38. The Balaban J connectivity index is 1.94. The summed E-state index contributed by atoms with van der Waals surface area (Å²) in [7, 11) is 0. The van der Waals surface area contributed by atoms with Gasteiger partial charge in [0.25, 0.3) is 5.91 Å². The second kappa shape index (κ2) is 8.85. The lowest BCUT2D eigenvalue weighted by Crippen LogP contribution is -2.45. The van der Waals surface area contributed by atoms with Crippen LogP contribution in [-0.4, -0.2) is 35.9 Å². The minimum absolute atomic E-state index is 0.0643. The molecule has 0 aromatic heterocycles. The van der Waals surface area contributed by atoms with Crippen LogP contribution in [0.25, 0.3) is 0 Å². The van der Waals surface area contributed by atoms with Crippen molar-refractivity contribution in [2.75, 3.05) is 18.0 Å². The van der Waals surface area contributed by atoms with Crippen LogP contribution in [0.1, 0.15) is 37.8 Å². The fourth-order valence-electron chi connectivity index (χ4n) is 3.45. The lowest BCUT2D eigenvalue weighted by Gasteiger charge is -2.29. The van der Waals surface area contributed by atoms with Gasteiger partial charge in [-0.15, -0.1) is 0 Å². The van der Waals surface area contributed by atoms with Crippen LogP contribution in [0.15, 0.2) is 59.6 Å². The van der Waals surface area contributed by atoms with Crippen molar-refractivity contribution >= 4 is 17.6 Å². The number of carbonyl (C=O) groups is 1. The van der Waals surface area contributed by atoms with E-state index >= 15 is 0 Å². The number of guanidine groups is 1. The molecule has 2 aromatic carbocycles. The van der Waals surface area contributed by atoms with Crippen molar-refractivity contribution in [2.24, 2.45) is 4.99 Å². The quantitative estimate of drug-likeness (QED) is 0.729. The number of unbranched alkanes of at least 4 members (excludes halogenated alkanes) is 1. The molecule has 1 atom stereocenters. The Morgan fingerprint density at radius 3 is 2.52 bits per heavy atom. The van der Waals surface area contributed by atoms with Gasteiger partial charge in [0.15, 0.2) is 0 Å². The van der Waals surface area contributed by atoms with Crippen molar-refractivity contribution in [1.29, 1.82) is 0 Å². The van der Waals surface area contributed by atoms with Gasteiger partial charge in [-0.05, 0) is 43.5 Å². The monoisotopic (exact) mass is 363 g/mol. The number of rotatable bonds is 7. The summed E-state index contributed by atoms with van der Waals surface area (Å²) in [4.78, 5) is 22.3. The molecule has 1 aliphatic heterocycles. The molecule has 3 rings (SSSR count). The van der Waals surface area contributed by atoms with E-state index in [0.29, 0.717) is 6.42 Å². The zero-order valence-corrected chi connectivity index (χ0v) is 16.6. The van der Waals surface area contributed by atoms with Crippen molar-refractivity contribution in [3.63, 3.8) is 0 Å². The van der Waals surface area contributed by atoms with Crippen molar-refractivity contribution in [3.8, 4) is 0 Å². The fraction of sp³-hybridized carbons (Fsp3) is 0.391. The largest absolute Gasteiger partial charge is 0.342 e. The molecule has 27 heavy (non-hydrogen) atoms. The summed E-state index contributed by atoms with van der Waals surface area (Å²) in [6, 6.07) is 17.9. The zero-order valence-electron chi connectivity index (χ0n) is 16.6. The second-order valence-electron chi connectivity index (χ2n) is 7.08. The molecule has 1 heterocycles. The number of carbonyl (C=O) groups excluding carboxylic acids is 1. The van der Waals surface area contributed by atoms with Crippen LogP contribution in [0.4, 0.5) is 5.69 Å². The smallest absolute Gasteiger partial charge is 0.259 e. The van der Waals surface area contributed by atoms with Gasteiger partial charge >= 0.3 is 0 Å². The molecule has 0 fully saturated rings. The van der Waals surface area contributed by atoms with Crippen molar-refractivity contribution in [2.45, 2.75) is 46.1 Å². The van der Waals surface area contributed by atoms with E-state index in [4.69, 9.17) is 4.99 Å². The number of anilines is 1. The van der Waals surface area contributed by atoms with E-state index in [9.17, 15) is 4.79 Å². The van der Waals surface area contributed by atoms with E-state index in [0.717, 1.165) is 48.7 Å². The average molecular weight is 364 g/mol. The van der Waals surface area contributed by atoms with Crippen LogP contribution in [0.5, 0.6) is 0 Å². The predicted octanol–water partition coefficient (Wildman–Crippen LogP) is 4.43. The maximum atomic E-state index is 13.3. The molecule has 4 heteroatoms. The summed E-state index contributed by atoms with van der Waals surface area (Å²) in [6.07, 6.45) is 2.85. The topological polar surface area (TPSA) is 35.9 Å². The number of hydrogen-bond acceptors (Lipinski definition) is 3. The van der Waals surface area contributed by atoms with Crippen LogP contribution in [0.2, 0.25) is 0 Å².